The van der Waals surface area contributed by atoms with Gasteiger partial charge in [0.2, 0.25) is 0 Å². The van der Waals surface area contributed by atoms with Crippen LogP contribution in [0, 0.1) is 5.92 Å². The van der Waals surface area contributed by atoms with E-state index in [4.69, 9.17) is 10.2 Å². The van der Waals surface area contributed by atoms with Gasteiger partial charge in [-0.2, -0.15) is 0 Å². The van der Waals surface area contributed by atoms with E-state index in [1.54, 1.807) is 0 Å². The summed E-state index contributed by atoms with van der Waals surface area (Å²) in [4.78, 5) is 0. The zero-order valence-electron chi connectivity index (χ0n) is 5.04. The second kappa shape index (κ2) is 2.03. The van der Waals surface area contributed by atoms with Gasteiger partial charge >= 0.3 is 0 Å². The summed E-state index contributed by atoms with van der Waals surface area (Å²) in [5, 5.41) is 17.8. The van der Waals surface area contributed by atoms with Gasteiger partial charge in [0.25, 0.3) is 0 Å². The van der Waals surface area contributed by atoms with E-state index in [1.165, 1.54) is 0 Å². The first kappa shape index (κ1) is 6.05. The average Bonchev–Trinajstić information content (AvgIpc) is 1.85. The summed E-state index contributed by atoms with van der Waals surface area (Å²) in [5.74, 6) is 0.500. The molecule has 1 unspecified atom stereocenters. The van der Waals surface area contributed by atoms with Crippen molar-refractivity contribution in [3.8, 4) is 0 Å². The van der Waals surface area contributed by atoms with Gasteiger partial charge < -0.3 is 10.2 Å². The molecule has 0 heterocycles. The molecule has 0 saturated heterocycles. The Balaban J connectivity index is 2.39. The quantitative estimate of drug-likeness (QED) is 0.472. The first-order chi connectivity index (χ1) is 3.70. The molecule has 1 saturated carbocycles. The monoisotopic (exact) mass is 116 g/mol. The van der Waals surface area contributed by atoms with Crippen molar-refractivity contribution in [2.24, 2.45) is 5.92 Å². The first-order valence-corrected chi connectivity index (χ1v) is 3.06. The van der Waals surface area contributed by atoms with E-state index in [2.05, 4.69) is 0 Å². The Morgan fingerprint density at radius 1 is 1.12 bits per heavy atom. The fourth-order valence-electron chi connectivity index (χ4n) is 1.23. The molecule has 0 spiro atoms. The van der Waals surface area contributed by atoms with Gasteiger partial charge in [0.05, 0.1) is 12.2 Å². The molecule has 0 aromatic carbocycles. The lowest BCUT2D eigenvalue weighted by Gasteiger charge is -2.03. The number of hydrogen-bond acceptors (Lipinski definition) is 2. The Morgan fingerprint density at radius 3 is 1.62 bits per heavy atom. The Hall–Kier alpha value is -0.0800. The molecule has 1 fully saturated rings. The second-order valence-electron chi connectivity index (χ2n) is 2.71. The molecular weight excluding hydrogens is 104 g/mol. The van der Waals surface area contributed by atoms with Crippen molar-refractivity contribution in [2.75, 3.05) is 0 Å². The number of rotatable bonds is 0. The third kappa shape index (κ3) is 1.01. The van der Waals surface area contributed by atoms with Crippen molar-refractivity contribution in [3.05, 3.63) is 0 Å². The van der Waals surface area contributed by atoms with Gasteiger partial charge in [0.15, 0.2) is 0 Å². The molecule has 0 aromatic rings. The minimum atomic E-state index is -0.454. The van der Waals surface area contributed by atoms with Gasteiger partial charge in [-0.1, -0.05) is 6.92 Å². The summed E-state index contributed by atoms with van der Waals surface area (Å²) in [6.45, 7) is 2.04. The maximum absolute atomic E-state index is 8.92. The van der Waals surface area contributed by atoms with E-state index in [9.17, 15) is 0 Å². The van der Waals surface area contributed by atoms with Crippen molar-refractivity contribution in [1.29, 1.82) is 0 Å². The van der Waals surface area contributed by atoms with Crippen LogP contribution in [-0.2, 0) is 0 Å². The van der Waals surface area contributed by atoms with Crippen molar-refractivity contribution in [3.63, 3.8) is 0 Å². The lowest BCUT2D eigenvalue weighted by molar-refractivity contribution is 0.0438. The van der Waals surface area contributed by atoms with Gasteiger partial charge in [-0.25, -0.2) is 0 Å². The minimum Gasteiger partial charge on any atom is -0.390 e. The van der Waals surface area contributed by atoms with Crippen LogP contribution >= 0.6 is 0 Å². The molecule has 8 heavy (non-hydrogen) atoms. The maximum atomic E-state index is 8.92. The molecule has 0 aliphatic heterocycles. The first-order valence-electron chi connectivity index (χ1n) is 3.06. The van der Waals surface area contributed by atoms with Crippen LogP contribution in [0.2, 0.25) is 0 Å². The lowest BCUT2D eigenvalue weighted by Crippen LogP contribution is -2.17. The highest BCUT2D eigenvalue weighted by Gasteiger charge is 2.27. The van der Waals surface area contributed by atoms with E-state index < -0.39 is 12.2 Å². The van der Waals surface area contributed by atoms with Crippen LogP contribution in [0.25, 0.3) is 0 Å². The van der Waals surface area contributed by atoms with Crippen LogP contribution in [-0.4, -0.2) is 22.4 Å². The van der Waals surface area contributed by atoms with Crippen LogP contribution in [0.1, 0.15) is 19.8 Å². The molecule has 48 valence electrons. The van der Waals surface area contributed by atoms with Gasteiger partial charge in [-0.05, 0) is 18.8 Å². The van der Waals surface area contributed by atoms with E-state index in [-0.39, 0.29) is 0 Å². The zero-order chi connectivity index (χ0) is 6.15. The molecule has 2 N–H and O–H groups in total. The van der Waals surface area contributed by atoms with Crippen molar-refractivity contribution in [2.45, 2.75) is 32.0 Å². The summed E-state index contributed by atoms with van der Waals surface area (Å²) in [5.41, 5.74) is 0. The standard InChI is InChI=1S/C6H12O2/c1-4-2-5(7)6(8)3-4/h4-8H,2-3H2,1H3/t4?,5-,6+. The van der Waals surface area contributed by atoms with E-state index in [1.807, 2.05) is 6.92 Å². The normalized spacial score (nSPS) is 47.6. The van der Waals surface area contributed by atoms with Crippen LogP contribution in [0.4, 0.5) is 0 Å². The summed E-state index contributed by atoms with van der Waals surface area (Å²) in [7, 11) is 0. The highest BCUT2D eigenvalue weighted by atomic mass is 16.3. The summed E-state index contributed by atoms with van der Waals surface area (Å²) in [6, 6.07) is 0. The van der Waals surface area contributed by atoms with Gasteiger partial charge in [-0.3, -0.25) is 0 Å². The topological polar surface area (TPSA) is 40.5 Å². The SMILES string of the molecule is CC1C[C@@H](O)[C@@H](O)C1. The van der Waals surface area contributed by atoms with Crippen molar-refractivity contribution < 1.29 is 10.2 Å². The third-order valence-corrected chi connectivity index (χ3v) is 1.73. The van der Waals surface area contributed by atoms with E-state index in [0.29, 0.717) is 5.92 Å². The largest absolute Gasteiger partial charge is 0.390 e. The molecule has 0 aromatic heterocycles. The molecule has 1 aliphatic carbocycles. The third-order valence-electron chi connectivity index (χ3n) is 1.73. The molecule has 3 atom stereocenters. The van der Waals surface area contributed by atoms with E-state index in [0.717, 1.165) is 12.8 Å². The van der Waals surface area contributed by atoms with Crippen molar-refractivity contribution in [1.82, 2.24) is 0 Å². The van der Waals surface area contributed by atoms with Crippen LogP contribution in [0.3, 0.4) is 0 Å². The highest BCUT2D eigenvalue weighted by Crippen LogP contribution is 2.24. The summed E-state index contributed by atoms with van der Waals surface area (Å²) < 4.78 is 0. The Labute approximate surface area is 49.1 Å². The van der Waals surface area contributed by atoms with Gasteiger partial charge in [0.1, 0.15) is 0 Å². The smallest absolute Gasteiger partial charge is 0.0801 e. The summed E-state index contributed by atoms with van der Waals surface area (Å²) >= 11 is 0. The average molecular weight is 116 g/mol. The molecule has 0 amide bonds. The Kier molecular flexibility index (Phi) is 1.54. The molecule has 1 aliphatic rings. The summed E-state index contributed by atoms with van der Waals surface area (Å²) in [6.07, 6.45) is 0.623. The second-order valence-corrected chi connectivity index (χ2v) is 2.71. The fraction of sp³-hybridized carbons (Fsp3) is 1.00. The van der Waals surface area contributed by atoms with E-state index >= 15 is 0 Å². The number of aliphatic hydroxyl groups is 2. The highest BCUT2D eigenvalue weighted by molar-refractivity contribution is 4.79. The van der Waals surface area contributed by atoms with Crippen LogP contribution < -0.4 is 0 Å². The molecule has 0 radical (unpaired) electrons. The number of aliphatic hydroxyl groups excluding tert-OH is 2. The van der Waals surface area contributed by atoms with Crippen LogP contribution in [0.5, 0.6) is 0 Å². The zero-order valence-corrected chi connectivity index (χ0v) is 5.04. The predicted molar refractivity (Wildman–Crippen MR) is 30.4 cm³/mol. The van der Waals surface area contributed by atoms with Gasteiger partial charge in [-0.15, -0.1) is 0 Å². The van der Waals surface area contributed by atoms with Crippen molar-refractivity contribution >= 4 is 0 Å². The molecule has 0 bridgehead atoms. The molecular formula is C6H12O2. The Bertz CT molecular complexity index is 72.6. The fourth-order valence-corrected chi connectivity index (χ4v) is 1.23. The number of hydrogen-bond donors (Lipinski definition) is 2. The molecule has 2 nitrogen and oxygen atoms in total. The Morgan fingerprint density at radius 2 is 1.50 bits per heavy atom. The molecule has 1 rings (SSSR count). The predicted octanol–water partition coefficient (Wildman–Crippen LogP) is 0.138. The molecule has 2 heteroatoms. The maximum Gasteiger partial charge on any atom is 0.0801 e. The van der Waals surface area contributed by atoms with Crippen LogP contribution in [0.15, 0.2) is 0 Å². The van der Waals surface area contributed by atoms with Gasteiger partial charge in [0, 0.05) is 0 Å². The minimum absolute atomic E-state index is 0.454. The lowest BCUT2D eigenvalue weighted by atomic mass is 10.1.